The van der Waals surface area contributed by atoms with E-state index in [4.69, 9.17) is 4.74 Å². The highest BCUT2D eigenvalue weighted by Gasteiger charge is 2.31. The molecule has 4 rings (SSSR count). The van der Waals surface area contributed by atoms with E-state index in [1.165, 1.54) is 0 Å². The number of aromatic nitrogens is 2. The SMILES string of the molecule is Cc1nn([C@H]2CCS(=O)(=O)C2)c(C)c1CN(C)C(=O)COc1ccc2ccccc2c1. The van der Waals surface area contributed by atoms with Crippen LogP contribution in [-0.4, -0.2) is 54.2 Å². The standard InChI is InChI=1S/C23H27N3O4S/c1-16-22(17(2)26(24-16)20-10-11-31(28,29)15-20)13-25(3)23(27)14-30-21-9-8-18-6-4-5-7-19(18)12-21/h4-9,12,20H,10-11,13-15H2,1-3H3/t20-/m0/s1. The van der Waals surface area contributed by atoms with Gasteiger partial charge in [-0.3, -0.25) is 9.48 Å². The average Bonchev–Trinajstić information content (AvgIpc) is 3.25. The first-order valence-corrected chi connectivity index (χ1v) is 12.2. The van der Waals surface area contributed by atoms with Crippen LogP contribution in [0.1, 0.15) is 29.4 Å². The number of carbonyl (C=O) groups is 1. The number of likely N-dealkylation sites (N-methyl/N-ethyl adjacent to an activating group) is 1. The molecule has 0 spiro atoms. The van der Waals surface area contributed by atoms with Crippen LogP contribution in [0.3, 0.4) is 0 Å². The number of hydrogen-bond donors (Lipinski definition) is 0. The van der Waals surface area contributed by atoms with Crippen LogP contribution in [0.15, 0.2) is 42.5 Å². The molecular formula is C23H27N3O4S. The number of hydrogen-bond acceptors (Lipinski definition) is 5. The molecule has 2 heterocycles. The molecule has 0 bridgehead atoms. The molecule has 1 atom stereocenters. The maximum atomic E-state index is 12.6. The minimum atomic E-state index is -2.99. The predicted molar refractivity (Wildman–Crippen MR) is 120 cm³/mol. The van der Waals surface area contributed by atoms with Crippen molar-refractivity contribution in [2.24, 2.45) is 0 Å². The lowest BCUT2D eigenvalue weighted by atomic mass is 10.1. The zero-order chi connectivity index (χ0) is 22.2. The highest BCUT2D eigenvalue weighted by molar-refractivity contribution is 7.91. The summed E-state index contributed by atoms with van der Waals surface area (Å²) in [5.74, 6) is 0.852. The second kappa shape index (κ2) is 8.34. The van der Waals surface area contributed by atoms with Crippen LogP contribution in [0.4, 0.5) is 0 Å². The van der Waals surface area contributed by atoms with Gasteiger partial charge in [0.25, 0.3) is 5.91 Å². The largest absolute Gasteiger partial charge is 0.484 e. The van der Waals surface area contributed by atoms with Crippen molar-refractivity contribution in [2.75, 3.05) is 25.2 Å². The highest BCUT2D eigenvalue weighted by atomic mass is 32.2. The molecule has 0 N–H and O–H groups in total. The van der Waals surface area contributed by atoms with E-state index in [2.05, 4.69) is 5.10 Å². The van der Waals surface area contributed by atoms with Crippen LogP contribution < -0.4 is 4.74 Å². The van der Waals surface area contributed by atoms with Crippen LogP contribution in [-0.2, 0) is 21.2 Å². The lowest BCUT2D eigenvalue weighted by Gasteiger charge is -2.18. The summed E-state index contributed by atoms with van der Waals surface area (Å²) in [6, 6.07) is 13.6. The Labute approximate surface area is 182 Å². The van der Waals surface area contributed by atoms with Gasteiger partial charge in [0, 0.05) is 24.8 Å². The molecule has 8 heteroatoms. The fraction of sp³-hybridized carbons (Fsp3) is 0.391. The minimum absolute atomic E-state index is 0.0536. The van der Waals surface area contributed by atoms with Gasteiger partial charge in [0.1, 0.15) is 5.75 Å². The van der Waals surface area contributed by atoms with Crippen molar-refractivity contribution in [3.8, 4) is 5.75 Å². The van der Waals surface area contributed by atoms with Gasteiger partial charge in [-0.05, 0) is 43.2 Å². The normalized spacial score (nSPS) is 17.7. The number of sulfone groups is 1. The van der Waals surface area contributed by atoms with Crippen molar-refractivity contribution in [1.82, 2.24) is 14.7 Å². The number of carbonyl (C=O) groups excluding carboxylic acids is 1. The van der Waals surface area contributed by atoms with Crippen LogP contribution in [0.2, 0.25) is 0 Å². The van der Waals surface area contributed by atoms with Crippen molar-refractivity contribution >= 4 is 26.5 Å². The molecule has 164 valence electrons. The second-order valence-corrected chi connectivity index (χ2v) is 10.4. The summed E-state index contributed by atoms with van der Waals surface area (Å²) in [5, 5.41) is 6.76. The Balaban J connectivity index is 1.40. The number of rotatable bonds is 6. The molecule has 1 aliphatic rings. The zero-order valence-corrected chi connectivity index (χ0v) is 18.9. The van der Waals surface area contributed by atoms with Gasteiger partial charge in [0.15, 0.2) is 16.4 Å². The Morgan fingerprint density at radius 1 is 1.19 bits per heavy atom. The first kappa shape index (κ1) is 21.4. The Morgan fingerprint density at radius 3 is 2.65 bits per heavy atom. The quantitative estimate of drug-likeness (QED) is 0.587. The van der Waals surface area contributed by atoms with Crippen LogP contribution in [0, 0.1) is 13.8 Å². The maximum Gasteiger partial charge on any atom is 0.260 e. The van der Waals surface area contributed by atoms with E-state index in [1.54, 1.807) is 11.9 Å². The Bertz CT molecular complexity index is 1230. The Hall–Kier alpha value is -2.87. The Kier molecular flexibility index (Phi) is 5.75. The third-order valence-corrected chi connectivity index (χ3v) is 7.68. The molecule has 2 aromatic carbocycles. The first-order valence-electron chi connectivity index (χ1n) is 10.3. The number of amides is 1. The number of ether oxygens (including phenoxy) is 1. The highest BCUT2D eigenvalue weighted by Crippen LogP contribution is 2.27. The summed E-state index contributed by atoms with van der Waals surface area (Å²) in [6.45, 7) is 4.18. The number of fused-ring (bicyclic) bond motifs is 1. The topological polar surface area (TPSA) is 81.5 Å². The summed E-state index contributed by atoms with van der Waals surface area (Å²) in [5.41, 5.74) is 2.68. The fourth-order valence-electron chi connectivity index (χ4n) is 4.09. The summed E-state index contributed by atoms with van der Waals surface area (Å²) in [6.07, 6.45) is 0.581. The van der Waals surface area contributed by atoms with E-state index in [0.29, 0.717) is 18.7 Å². The zero-order valence-electron chi connectivity index (χ0n) is 18.0. The molecule has 3 aromatic rings. The average molecular weight is 442 g/mol. The minimum Gasteiger partial charge on any atom is -0.484 e. The van der Waals surface area contributed by atoms with Gasteiger partial charge in [-0.15, -0.1) is 0 Å². The fourth-order valence-corrected chi connectivity index (χ4v) is 5.78. The van der Waals surface area contributed by atoms with Gasteiger partial charge in [-0.2, -0.15) is 5.10 Å². The summed E-state index contributed by atoms with van der Waals surface area (Å²) in [7, 11) is -1.25. The lowest BCUT2D eigenvalue weighted by Crippen LogP contribution is -2.31. The molecule has 1 aromatic heterocycles. The summed E-state index contributed by atoms with van der Waals surface area (Å²) in [4.78, 5) is 14.3. The van der Waals surface area contributed by atoms with E-state index >= 15 is 0 Å². The van der Waals surface area contributed by atoms with E-state index < -0.39 is 9.84 Å². The van der Waals surface area contributed by atoms with Gasteiger partial charge in [-0.1, -0.05) is 30.3 Å². The molecule has 1 aliphatic heterocycles. The molecule has 0 saturated carbocycles. The van der Waals surface area contributed by atoms with E-state index in [9.17, 15) is 13.2 Å². The van der Waals surface area contributed by atoms with Crippen molar-refractivity contribution < 1.29 is 17.9 Å². The smallest absolute Gasteiger partial charge is 0.260 e. The third-order valence-electron chi connectivity index (χ3n) is 5.93. The molecule has 7 nitrogen and oxygen atoms in total. The van der Waals surface area contributed by atoms with Gasteiger partial charge in [0.2, 0.25) is 0 Å². The summed E-state index contributed by atoms with van der Waals surface area (Å²) < 4.78 is 31.2. The van der Waals surface area contributed by atoms with Gasteiger partial charge in [0.05, 0.1) is 23.2 Å². The van der Waals surface area contributed by atoms with Crippen molar-refractivity contribution in [2.45, 2.75) is 32.9 Å². The van der Waals surface area contributed by atoms with Crippen LogP contribution >= 0.6 is 0 Å². The molecule has 1 saturated heterocycles. The monoisotopic (exact) mass is 441 g/mol. The maximum absolute atomic E-state index is 12.6. The molecular weight excluding hydrogens is 414 g/mol. The molecule has 0 aliphatic carbocycles. The molecule has 0 unspecified atom stereocenters. The predicted octanol–water partition coefficient (Wildman–Crippen LogP) is 3.05. The molecule has 1 amide bonds. The Morgan fingerprint density at radius 2 is 1.94 bits per heavy atom. The van der Waals surface area contributed by atoms with Gasteiger partial charge < -0.3 is 9.64 Å². The van der Waals surface area contributed by atoms with Crippen molar-refractivity contribution in [3.63, 3.8) is 0 Å². The summed E-state index contributed by atoms with van der Waals surface area (Å²) >= 11 is 0. The van der Waals surface area contributed by atoms with Crippen molar-refractivity contribution in [3.05, 3.63) is 59.4 Å². The first-order chi connectivity index (χ1) is 14.7. The molecule has 1 fully saturated rings. The van der Waals surface area contributed by atoms with E-state index in [0.717, 1.165) is 27.7 Å². The molecule has 0 radical (unpaired) electrons. The number of nitrogens with zero attached hydrogens (tertiary/aromatic N) is 3. The van der Waals surface area contributed by atoms with Crippen LogP contribution in [0.25, 0.3) is 10.8 Å². The van der Waals surface area contributed by atoms with E-state index in [1.807, 2.05) is 61.0 Å². The van der Waals surface area contributed by atoms with E-state index in [-0.39, 0.29) is 30.1 Å². The van der Waals surface area contributed by atoms with Crippen LogP contribution in [0.5, 0.6) is 5.75 Å². The number of benzene rings is 2. The number of aryl methyl sites for hydroxylation is 1. The lowest BCUT2D eigenvalue weighted by molar-refractivity contribution is -0.132. The second-order valence-electron chi connectivity index (χ2n) is 8.20. The third kappa shape index (κ3) is 4.58. The van der Waals surface area contributed by atoms with Gasteiger partial charge >= 0.3 is 0 Å². The molecule has 31 heavy (non-hydrogen) atoms. The van der Waals surface area contributed by atoms with Crippen molar-refractivity contribution in [1.29, 1.82) is 0 Å². The van der Waals surface area contributed by atoms with Gasteiger partial charge in [-0.25, -0.2) is 8.42 Å².